The second-order valence-corrected chi connectivity index (χ2v) is 3.63. The number of aliphatic hydroxyl groups excluding tert-OH is 1. The molecule has 1 fully saturated rings. The maximum absolute atomic E-state index is 9.57. The molecule has 0 aliphatic carbocycles. The molecular weight excluding hydrogens is 152 g/mol. The zero-order valence-corrected chi connectivity index (χ0v) is 7.87. The molecule has 0 radical (unpaired) electrons. The summed E-state index contributed by atoms with van der Waals surface area (Å²) in [4.78, 5) is 2.33. The van der Waals surface area contributed by atoms with Gasteiger partial charge in [0, 0.05) is 6.04 Å². The van der Waals surface area contributed by atoms with E-state index in [0.29, 0.717) is 6.04 Å². The predicted octanol–water partition coefficient (Wildman–Crippen LogP) is 0.180. The van der Waals surface area contributed by atoms with Gasteiger partial charge in [0.1, 0.15) is 0 Å². The molecule has 3 N–H and O–H groups in total. The number of likely N-dealkylation sites (tertiary alicyclic amines) is 1. The topological polar surface area (TPSA) is 49.5 Å². The Morgan fingerprint density at radius 2 is 2.33 bits per heavy atom. The van der Waals surface area contributed by atoms with Crippen molar-refractivity contribution in [3.8, 4) is 0 Å². The fraction of sp³-hybridized carbons (Fsp3) is 1.00. The molecule has 3 nitrogen and oxygen atoms in total. The van der Waals surface area contributed by atoms with Crippen LogP contribution in [0.4, 0.5) is 0 Å². The molecule has 1 rings (SSSR count). The predicted molar refractivity (Wildman–Crippen MR) is 49.9 cm³/mol. The van der Waals surface area contributed by atoms with Crippen molar-refractivity contribution < 1.29 is 5.11 Å². The van der Waals surface area contributed by atoms with Gasteiger partial charge in [-0.1, -0.05) is 0 Å². The molecule has 12 heavy (non-hydrogen) atoms. The van der Waals surface area contributed by atoms with Crippen LogP contribution in [0.15, 0.2) is 0 Å². The van der Waals surface area contributed by atoms with E-state index in [1.165, 1.54) is 0 Å². The Morgan fingerprint density at radius 3 is 3.00 bits per heavy atom. The van der Waals surface area contributed by atoms with Gasteiger partial charge in [-0.2, -0.15) is 0 Å². The maximum atomic E-state index is 9.57. The summed E-state index contributed by atoms with van der Waals surface area (Å²) in [7, 11) is 0. The smallest absolute Gasteiger partial charge is 0.0693 e. The van der Waals surface area contributed by atoms with Crippen LogP contribution in [0.25, 0.3) is 0 Å². The highest BCUT2D eigenvalue weighted by Crippen LogP contribution is 2.16. The first kappa shape index (κ1) is 9.96. The van der Waals surface area contributed by atoms with Crippen LogP contribution < -0.4 is 5.73 Å². The molecule has 72 valence electrons. The molecular formula is C9H20N2O. The van der Waals surface area contributed by atoms with Crippen molar-refractivity contribution in [1.82, 2.24) is 4.90 Å². The number of aliphatic hydroxyl groups is 1. The molecule has 0 aromatic carbocycles. The van der Waals surface area contributed by atoms with Crippen LogP contribution >= 0.6 is 0 Å². The van der Waals surface area contributed by atoms with Crippen molar-refractivity contribution in [3.63, 3.8) is 0 Å². The van der Waals surface area contributed by atoms with Crippen LogP contribution in [0.5, 0.6) is 0 Å². The van der Waals surface area contributed by atoms with Gasteiger partial charge in [0.15, 0.2) is 0 Å². The normalized spacial score (nSPS) is 32.2. The van der Waals surface area contributed by atoms with E-state index in [4.69, 9.17) is 5.73 Å². The van der Waals surface area contributed by atoms with E-state index in [9.17, 15) is 5.11 Å². The van der Waals surface area contributed by atoms with E-state index in [-0.39, 0.29) is 6.10 Å². The molecule has 2 unspecified atom stereocenters. The van der Waals surface area contributed by atoms with Gasteiger partial charge in [0.05, 0.1) is 6.10 Å². The second-order valence-electron chi connectivity index (χ2n) is 3.63. The molecule has 0 saturated carbocycles. The third kappa shape index (κ3) is 2.44. The van der Waals surface area contributed by atoms with Crippen molar-refractivity contribution in [2.45, 2.75) is 38.3 Å². The first-order valence-corrected chi connectivity index (χ1v) is 4.88. The van der Waals surface area contributed by atoms with Gasteiger partial charge < -0.3 is 10.8 Å². The van der Waals surface area contributed by atoms with E-state index in [0.717, 1.165) is 38.9 Å². The third-order valence-electron chi connectivity index (χ3n) is 2.73. The van der Waals surface area contributed by atoms with E-state index in [1.807, 2.05) is 0 Å². The van der Waals surface area contributed by atoms with Crippen LogP contribution in [-0.2, 0) is 0 Å². The molecule has 0 aromatic heterocycles. The number of nitrogens with two attached hydrogens (primary N) is 1. The van der Waals surface area contributed by atoms with Crippen LogP contribution in [-0.4, -0.2) is 41.8 Å². The molecule has 0 spiro atoms. The van der Waals surface area contributed by atoms with Gasteiger partial charge in [-0.25, -0.2) is 0 Å². The van der Waals surface area contributed by atoms with Crippen molar-refractivity contribution in [3.05, 3.63) is 0 Å². The highest BCUT2D eigenvalue weighted by atomic mass is 16.3. The summed E-state index contributed by atoms with van der Waals surface area (Å²) in [6, 6.07) is 0.324. The van der Waals surface area contributed by atoms with Gasteiger partial charge in [0.25, 0.3) is 0 Å². The molecule has 3 heteroatoms. The lowest BCUT2D eigenvalue weighted by molar-refractivity contribution is 0.0199. The van der Waals surface area contributed by atoms with E-state index < -0.39 is 0 Å². The van der Waals surface area contributed by atoms with Gasteiger partial charge in [-0.05, 0) is 45.8 Å². The molecule has 1 heterocycles. The number of nitrogens with zero attached hydrogens (tertiary/aromatic N) is 1. The Hall–Kier alpha value is -0.120. The molecule has 1 aliphatic rings. The van der Waals surface area contributed by atoms with E-state index >= 15 is 0 Å². The molecule has 0 amide bonds. The van der Waals surface area contributed by atoms with Gasteiger partial charge >= 0.3 is 0 Å². The van der Waals surface area contributed by atoms with Crippen LogP contribution in [0, 0.1) is 0 Å². The zero-order valence-electron chi connectivity index (χ0n) is 7.87. The Kier molecular flexibility index (Phi) is 3.98. The number of piperidine rings is 1. The van der Waals surface area contributed by atoms with Crippen LogP contribution in [0.2, 0.25) is 0 Å². The quantitative estimate of drug-likeness (QED) is 0.638. The Bertz CT molecular complexity index is 130. The molecule has 0 bridgehead atoms. The minimum atomic E-state index is -0.128. The number of hydrogen-bond acceptors (Lipinski definition) is 3. The minimum Gasteiger partial charge on any atom is -0.392 e. The summed E-state index contributed by atoms with van der Waals surface area (Å²) in [5.74, 6) is 0. The van der Waals surface area contributed by atoms with E-state index in [2.05, 4.69) is 11.8 Å². The number of rotatable bonds is 3. The summed E-state index contributed by atoms with van der Waals surface area (Å²) in [6.45, 7) is 5.01. The van der Waals surface area contributed by atoms with Crippen LogP contribution in [0.3, 0.4) is 0 Å². The van der Waals surface area contributed by atoms with Gasteiger partial charge in [-0.15, -0.1) is 0 Å². The summed E-state index contributed by atoms with van der Waals surface area (Å²) >= 11 is 0. The molecule has 2 atom stereocenters. The fourth-order valence-corrected chi connectivity index (χ4v) is 1.80. The summed E-state index contributed by atoms with van der Waals surface area (Å²) in [6.07, 6.45) is 2.99. The summed E-state index contributed by atoms with van der Waals surface area (Å²) < 4.78 is 0. The summed E-state index contributed by atoms with van der Waals surface area (Å²) in [5, 5.41) is 9.57. The first-order valence-electron chi connectivity index (χ1n) is 4.88. The standard InChI is InChI=1S/C9H20N2O/c1-8-9(12)4-2-6-11(8)7-3-5-10/h8-9,12H,2-7,10H2,1H3. The largest absolute Gasteiger partial charge is 0.392 e. The van der Waals surface area contributed by atoms with Crippen molar-refractivity contribution in [1.29, 1.82) is 0 Å². The first-order chi connectivity index (χ1) is 5.75. The number of hydrogen-bond donors (Lipinski definition) is 2. The van der Waals surface area contributed by atoms with Crippen molar-refractivity contribution in [2.24, 2.45) is 5.73 Å². The Morgan fingerprint density at radius 1 is 1.58 bits per heavy atom. The van der Waals surface area contributed by atoms with Crippen molar-refractivity contribution in [2.75, 3.05) is 19.6 Å². The lowest BCUT2D eigenvalue weighted by Crippen LogP contribution is -2.46. The fourth-order valence-electron chi connectivity index (χ4n) is 1.80. The maximum Gasteiger partial charge on any atom is 0.0693 e. The lowest BCUT2D eigenvalue weighted by Gasteiger charge is -2.36. The third-order valence-corrected chi connectivity index (χ3v) is 2.73. The SMILES string of the molecule is CC1C(O)CCCN1CCCN. The Labute approximate surface area is 74.5 Å². The molecule has 0 aromatic rings. The zero-order chi connectivity index (χ0) is 8.97. The average molecular weight is 172 g/mol. The molecule has 1 aliphatic heterocycles. The highest BCUT2D eigenvalue weighted by Gasteiger charge is 2.25. The van der Waals surface area contributed by atoms with Crippen LogP contribution in [0.1, 0.15) is 26.2 Å². The monoisotopic (exact) mass is 172 g/mol. The van der Waals surface area contributed by atoms with E-state index in [1.54, 1.807) is 0 Å². The summed E-state index contributed by atoms with van der Waals surface area (Å²) in [5.41, 5.74) is 5.44. The highest BCUT2D eigenvalue weighted by molar-refractivity contribution is 4.80. The Balaban J connectivity index is 2.30. The second kappa shape index (κ2) is 4.80. The van der Waals surface area contributed by atoms with Gasteiger partial charge in [-0.3, -0.25) is 4.90 Å². The lowest BCUT2D eigenvalue weighted by atomic mass is 10.0. The molecule has 1 saturated heterocycles. The minimum absolute atomic E-state index is 0.128. The average Bonchev–Trinajstić information content (AvgIpc) is 2.08. The van der Waals surface area contributed by atoms with Crippen molar-refractivity contribution >= 4 is 0 Å². The van der Waals surface area contributed by atoms with Gasteiger partial charge in [0.2, 0.25) is 0 Å².